The van der Waals surface area contributed by atoms with Crippen LogP contribution < -0.4 is 9.62 Å². The van der Waals surface area contributed by atoms with Gasteiger partial charge in [-0.2, -0.15) is 0 Å². The molecule has 0 bridgehead atoms. The Morgan fingerprint density at radius 1 is 1.30 bits per heavy atom. The number of rotatable bonds is 7. The van der Waals surface area contributed by atoms with Crippen LogP contribution in [0.2, 0.25) is 0 Å². The van der Waals surface area contributed by atoms with Gasteiger partial charge in [0.2, 0.25) is 15.2 Å². The molecule has 0 amide bonds. The van der Waals surface area contributed by atoms with E-state index in [2.05, 4.69) is 14.9 Å². The van der Waals surface area contributed by atoms with Gasteiger partial charge in [0.05, 0.1) is 10.8 Å². The second-order valence-corrected chi connectivity index (χ2v) is 11.1. The van der Waals surface area contributed by atoms with Crippen molar-refractivity contribution < 1.29 is 22.0 Å². The summed E-state index contributed by atoms with van der Waals surface area (Å²) in [5.74, 6) is -0.303. The minimum atomic E-state index is -3.75. The maximum absolute atomic E-state index is 13.0. The van der Waals surface area contributed by atoms with Crippen molar-refractivity contribution >= 4 is 38.0 Å². The highest BCUT2D eigenvalue weighted by atomic mass is 32.2. The van der Waals surface area contributed by atoms with E-state index >= 15 is 0 Å². The Hall–Kier alpha value is -1.98. The molecule has 1 atom stereocenters. The Labute approximate surface area is 176 Å². The lowest BCUT2D eigenvalue weighted by Crippen LogP contribution is -2.34. The van der Waals surface area contributed by atoms with Crippen molar-refractivity contribution in [3.8, 4) is 0 Å². The van der Waals surface area contributed by atoms with Crippen LogP contribution in [0.25, 0.3) is 0 Å². The number of ketones is 1. The normalized spacial score (nSPS) is 22.4. The number of benzene rings is 1. The standard InChI is InChI=1S/C19H20F2N4O3S2/c1-19(6-7-19)24-30(27,28)11-4-5-12-13(15(26)10-2-3-10)9-25(14(12)8-11)18-23-22-17(29-18)16(20)21/h4-5,8,10,13,16,24H,2-3,6-7,9H2,1H3. The van der Waals surface area contributed by atoms with Crippen molar-refractivity contribution in [1.82, 2.24) is 14.9 Å². The summed E-state index contributed by atoms with van der Waals surface area (Å²) in [6.07, 6.45) is 0.532. The van der Waals surface area contributed by atoms with Crippen molar-refractivity contribution in [2.75, 3.05) is 11.4 Å². The number of halogens is 2. The van der Waals surface area contributed by atoms with Crippen LogP contribution in [-0.4, -0.2) is 36.5 Å². The lowest BCUT2D eigenvalue weighted by molar-refractivity contribution is -0.121. The first-order valence-corrected chi connectivity index (χ1v) is 12.1. The van der Waals surface area contributed by atoms with Gasteiger partial charge in [-0.1, -0.05) is 17.4 Å². The number of Topliss-reactive ketones (excluding diaryl/α,β-unsaturated/α-hetero) is 1. The summed E-state index contributed by atoms with van der Waals surface area (Å²) in [4.78, 5) is 14.6. The number of anilines is 2. The summed E-state index contributed by atoms with van der Waals surface area (Å²) in [7, 11) is -3.75. The molecule has 1 aromatic heterocycles. The van der Waals surface area contributed by atoms with E-state index in [0.29, 0.717) is 11.3 Å². The fraction of sp³-hybridized carbons (Fsp3) is 0.526. The third-order valence-electron chi connectivity index (χ3n) is 5.90. The summed E-state index contributed by atoms with van der Waals surface area (Å²) in [5, 5.41) is 7.24. The van der Waals surface area contributed by atoms with E-state index in [9.17, 15) is 22.0 Å². The summed E-state index contributed by atoms with van der Waals surface area (Å²) < 4.78 is 54.4. The number of aromatic nitrogens is 2. The van der Waals surface area contributed by atoms with E-state index in [4.69, 9.17) is 0 Å². The average molecular weight is 455 g/mol. The first-order valence-electron chi connectivity index (χ1n) is 9.78. The number of hydrogen-bond acceptors (Lipinski definition) is 7. The zero-order valence-electron chi connectivity index (χ0n) is 16.1. The Bertz CT molecular complexity index is 1130. The maximum Gasteiger partial charge on any atom is 0.291 e. The Balaban J connectivity index is 1.55. The molecule has 2 aliphatic carbocycles. The quantitative estimate of drug-likeness (QED) is 0.688. The first-order chi connectivity index (χ1) is 14.2. The van der Waals surface area contributed by atoms with Crippen LogP contribution in [0.5, 0.6) is 0 Å². The van der Waals surface area contributed by atoms with Gasteiger partial charge in [0.25, 0.3) is 6.43 Å². The molecule has 3 aliphatic rings. The lowest BCUT2D eigenvalue weighted by atomic mass is 9.94. The Morgan fingerprint density at radius 2 is 2.03 bits per heavy atom. The van der Waals surface area contributed by atoms with E-state index < -0.39 is 32.9 Å². The molecule has 1 aromatic carbocycles. The Kier molecular flexibility index (Phi) is 4.50. The van der Waals surface area contributed by atoms with Crippen molar-refractivity contribution in [2.45, 2.75) is 55.4 Å². The predicted molar refractivity (Wildman–Crippen MR) is 107 cm³/mol. The molecule has 1 N–H and O–H groups in total. The second-order valence-electron chi connectivity index (χ2n) is 8.45. The van der Waals surface area contributed by atoms with Crippen LogP contribution in [0.1, 0.15) is 55.5 Å². The third kappa shape index (κ3) is 3.52. The minimum Gasteiger partial charge on any atom is -0.315 e. The van der Waals surface area contributed by atoms with Gasteiger partial charge in [0.15, 0.2) is 5.01 Å². The summed E-state index contributed by atoms with van der Waals surface area (Å²) in [5.41, 5.74) is 0.792. The van der Waals surface area contributed by atoms with Gasteiger partial charge >= 0.3 is 0 Å². The summed E-state index contributed by atoms with van der Waals surface area (Å²) in [6, 6.07) is 4.68. The number of fused-ring (bicyclic) bond motifs is 1. The summed E-state index contributed by atoms with van der Waals surface area (Å²) >= 11 is 0.750. The van der Waals surface area contributed by atoms with E-state index in [1.54, 1.807) is 11.0 Å². The van der Waals surface area contributed by atoms with Crippen molar-refractivity contribution in [1.29, 1.82) is 0 Å². The van der Waals surface area contributed by atoms with Crippen LogP contribution >= 0.6 is 11.3 Å². The fourth-order valence-electron chi connectivity index (χ4n) is 3.77. The highest BCUT2D eigenvalue weighted by Crippen LogP contribution is 2.47. The smallest absolute Gasteiger partial charge is 0.291 e. The molecule has 7 nitrogen and oxygen atoms in total. The van der Waals surface area contributed by atoms with E-state index in [1.807, 2.05) is 6.92 Å². The average Bonchev–Trinajstić information content (AvgIpc) is 3.57. The number of hydrogen-bond donors (Lipinski definition) is 1. The zero-order valence-corrected chi connectivity index (χ0v) is 17.8. The van der Waals surface area contributed by atoms with E-state index in [-0.39, 0.29) is 28.3 Å². The van der Waals surface area contributed by atoms with Gasteiger partial charge in [0.1, 0.15) is 5.78 Å². The molecule has 2 saturated carbocycles. The number of nitrogens with zero attached hydrogens (tertiary/aromatic N) is 3. The largest absolute Gasteiger partial charge is 0.315 e. The molecule has 2 fully saturated rings. The van der Waals surface area contributed by atoms with Crippen LogP contribution in [0.15, 0.2) is 23.1 Å². The molecule has 2 heterocycles. The highest BCUT2D eigenvalue weighted by Gasteiger charge is 2.44. The number of carbonyl (C=O) groups is 1. The zero-order chi connectivity index (χ0) is 21.3. The first kappa shape index (κ1) is 20.0. The number of carbonyl (C=O) groups excluding carboxylic acids is 1. The molecule has 0 saturated heterocycles. The predicted octanol–water partition coefficient (Wildman–Crippen LogP) is 3.52. The van der Waals surface area contributed by atoms with Gasteiger partial charge in [-0.3, -0.25) is 4.79 Å². The molecule has 2 aromatic rings. The molecule has 0 radical (unpaired) electrons. The molecule has 1 aliphatic heterocycles. The van der Waals surface area contributed by atoms with Gasteiger partial charge < -0.3 is 4.90 Å². The van der Waals surface area contributed by atoms with Crippen LogP contribution in [0.3, 0.4) is 0 Å². The van der Waals surface area contributed by atoms with Gasteiger partial charge in [-0.05, 0) is 50.3 Å². The molecule has 5 rings (SSSR count). The van der Waals surface area contributed by atoms with E-state index in [0.717, 1.165) is 37.0 Å². The van der Waals surface area contributed by atoms with Gasteiger partial charge in [0, 0.05) is 23.7 Å². The second kappa shape index (κ2) is 6.76. The van der Waals surface area contributed by atoms with Crippen molar-refractivity contribution in [2.24, 2.45) is 5.92 Å². The SMILES string of the molecule is CC1(NS(=O)(=O)c2ccc3c(c2)N(c2nnc(C(F)F)s2)CC3C(=O)C2CC2)CC1. The third-order valence-corrected chi connectivity index (χ3v) is 8.48. The summed E-state index contributed by atoms with van der Waals surface area (Å²) in [6.45, 7) is 2.10. The van der Waals surface area contributed by atoms with Crippen molar-refractivity contribution in [3.63, 3.8) is 0 Å². The topological polar surface area (TPSA) is 92.3 Å². The van der Waals surface area contributed by atoms with Crippen LogP contribution in [0.4, 0.5) is 19.6 Å². The van der Waals surface area contributed by atoms with Gasteiger partial charge in [-0.25, -0.2) is 21.9 Å². The maximum atomic E-state index is 13.0. The molecule has 0 spiro atoms. The Morgan fingerprint density at radius 3 is 2.63 bits per heavy atom. The molecular formula is C19H20F2N4O3S2. The molecule has 11 heteroatoms. The van der Waals surface area contributed by atoms with Crippen LogP contribution in [0, 0.1) is 5.92 Å². The molecule has 1 unspecified atom stereocenters. The highest BCUT2D eigenvalue weighted by molar-refractivity contribution is 7.89. The monoisotopic (exact) mass is 454 g/mol. The van der Waals surface area contributed by atoms with E-state index in [1.165, 1.54) is 12.1 Å². The fourth-order valence-corrected chi connectivity index (χ4v) is 5.98. The molecule has 160 valence electrons. The van der Waals surface area contributed by atoms with Gasteiger partial charge in [-0.15, -0.1) is 10.2 Å². The lowest BCUT2D eigenvalue weighted by Gasteiger charge is -2.17. The minimum absolute atomic E-state index is 0.0220. The number of sulfonamides is 1. The number of nitrogens with one attached hydrogen (secondary N) is 1. The molecular weight excluding hydrogens is 434 g/mol. The number of alkyl halides is 2. The van der Waals surface area contributed by atoms with Crippen LogP contribution in [-0.2, 0) is 14.8 Å². The molecule has 30 heavy (non-hydrogen) atoms. The van der Waals surface area contributed by atoms with Crippen molar-refractivity contribution in [3.05, 3.63) is 28.8 Å².